The number of methoxy groups -OCH3 is 1. The van der Waals surface area contributed by atoms with Crippen LogP contribution in [-0.4, -0.2) is 24.9 Å². The summed E-state index contributed by atoms with van der Waals surface area (Å²) in [5.41, 5.74) is 3.51. The molecular weight excluding hydrogens is 362 g/mol. The predicted molar refractivity (Wildman–Crippen MR) is 114 cm³/mol. The molecule has 0 aliphatic rings. The van der Waals surface area contributed by atoms with Crippen molar-refractivity contribution in [1.29, 1.82) is 0 Å². The Kier molecular flexibility index (Phi) is 6.44. The van der Waals surface area contributed by atoms with Gasteiger partial charge in [-0.2, -0.15) is 0 Å². The van der Waals surface area contributed by atoms with Gasteiger partial charge in [0.1, 0.15) is 0 Å². The van der Waals surface area contributed by atoms with E-state index in [9.17, 15) is 9.59 Å². The van der Waals surface area contributed by atoms with Gasteiger partial charge in [0, 0.05) is 22.4 Å². The van der Waals surface area contributed by atoms with E-state index < -0.39 is 12.0 Å². The Balaban J connectivity index is 1.70. The van der Waals surface area contributed by atoms with Gasteiger partial charge in [-0.3, -0.25) is 4.79 Å². The highest BCUT2D eigenvalue weighted by Crippen LogP contribution is 2.14. The number of rotatable bonds is 5. The number of ether oxygens (including phenoxy) is 1. The maximum Gasteiger partial charge on any atom is 0.337 e. The normalized spacial score (nSPS) is 11.0. The number of carbonyl (C=O) groups excluding carboxylic acids is 2. The molecule has 0 aliphatic heterocycles. The minimum Gasteiger partial charge on any atom is -0.465 e. The molecule has 29 heavy (non-hydrogen) atoms. The van der Waals surface area contributed by atoms with Crippen molar-refractivity contribution < 1.29 is 14.3 Å². The predicted octanol–water partition coefficient (Wildman–Crippen LogP) is 4.56. The fraction of sp³-hybridized carbons (Fsp3) is 0.120. The van der Waals surface area contributed by atoms with E-state index >= 15 is 0 Å². The number of Topliss-reactive ketones (excluding diaryl/α,β-unsaturated/α-hetero) is 1. The highest BCUT2D eigenvalue weighted by atomic mass is 16.5. The minimum atomic E-state index is -0.434. The summed E-state index contributed by atoms with van der Waals surface area (Å²) in [7, 11) is 1.34. The summed E-state index contributed by atoms with van der Waals surface area (Å²) in [6.45, 7) is 1.80. The monoisotopic (exact) mass is 383 g/mol. The van der Waals surface area contributed by atoms with Crippen molar-refractivity contribution in [2.24, 2.45) is 0 Å². The lowest BCUT2D eigenvalue weighted by Crippen LogP contribution is -2.26. The molecule has 144 valence electrons. The van der Waals surface area contributed by atoms with Crippen LogP contribution in [0, 0.1) is 11.8 Å². The fourth-order valence-electron chi connectivity index (χ4n) is 2.80. The average Bonchev–Trinajstić information content (AvgIpc) is 2.78. The van der Waals surface area contributed by atoms with E-state index in [1.54, 1.807) is 43.3 Å². The first-order valence-corrected chi connectivity index (χ1v) is 9.23. The van der Waals surface area contributed by atoms with Crippen LogP contribution in [0.5, 0.6) is 0 Å². The second kappa shape index (κ2) is 9.38. The van der Waals surface area contributed by atoms with Crippen molar-refractivity contribution in [2.45, 2.75) is 13.0 Å². The summed E-state index contributed by atoms with van der Waals surface area (Å²) < 4.78 is 4.69. The van der Waals surface area contributed by atoms with Crippen LogP contribution in [0.2, 0.25) is 0 Å². The van der Waals surface area contributed by atoms with E-state index in [0.29, 0.717) is 11.1 Å². The molecule has 3 rings (SSSR count). The second-order valence-corrected chi connectivity index (χ2v) is 6.50. The number of benzene rings is 3. The molecule has 0 radical (unpaired) electrons. The lowest BCUT2D eigenvalue weighted by Gasteiger charge is -2.14. The molecule has 0 fully saturated rings. The van der Waals surface area contributed by atoms with Gasteiger partial charge in [0.15, 0.2) is 5.78 Å². The van der Waals surface area contributed by atoms with Crippen molar-refractivity contribution in [3.63, 3.8) is 0 Å². The molecule has 3 aromatic rings. The number of esters is 1. The van der Waals surface area contributed by atoms with E-state index in [-0.39, 0.29) is 5.78 Å². The van der Waals surface area contributed by atoms with Crippen LogP contribution < -0.4 is 5.32 Å². The summed E-state index contributed by atoms with van der Waals surface area (Å²) in [6, 6.07) is 23.4. The zero-order valence-corrected chi connectivity index (χ0v) is 16.3. The Labute approximate surface area is 170 Å². The third kappa shape index (κ3) is 5.33. The zero-order valence-electron chi connectivity index (χ0n) is 16.3. The van der Waals surface area contributed by atoms with Crippen LogP contribution >= 0.6 is 0 Å². The molecule has 0 heterocycles. The molecule has 4 heteroatoms. The molecule has 1 N–H and O–H groups in total. The largest absolute Gasteiger partial charge is 0.465 e. The molecule has 4 nitrogen and oxygen atoms in total. The van der Waals surface area contributed by atoms with Gasteiger partial charge in [-0.05, 0) is 55.5 Å². The highest BCUT2D eigenvalue weighted by Gasteiger charge is 2.15. The van der Waals surface area contributed by atoms with E-state index in [2.05, 4.69) is 21.9 Å². The van der Waals surface area contributed by atoms with Gasteiger partial charge < -0.3 is 10.1 Å². The molecule has 0 saturated heterocycles. The maximum atomic E-state index is 12.8. The third-order valence-electron chi connectivity index (χ3n) is 4.35. The smallest absolute Gasteiger partial charge is 0.337 e. The van der Waals surface area contributed by atoms with Crippen molar-refractivity contribution in [3.8, 4) is 11.8 Å². The summed E-state index contributed by atoms with van der Waals surface area (Å²) in [5.74, 6) is 5.77. The first-order valence-electron chi connectivity index (χ1n) is 9.23. The molecule has 0 amide bonds. The molecule has 0 aliphatic carbocycles. The van der Waals surface area contributed by atoms with Gasteiger partial charge in [-0.1, -0.05) is 42.2 Å². The number of anilines is 1. The summed E-state index contributed by atoms with van der Waals surface area (Å²) >= 11 is 0. The second-order valence-electron chi connectivity index (χ2n) is 6.50. The van der Waals surface area contributed by atoms with Crippen LogP contribution in [0.25, 0.3) is 0 Å². The van der Waals surface area contributed by atoms with Gasteiger partial charge in [0.05, 0.1) is 18.7 Å². The molecule has 0 saturated carbocycles. The van der Waals surface area contributed by atoms with Gasteiger partial charge in [-0.25, -0.2) is 4.79 Å². The van der Waals surface area contributed by atoms with Gasteiger partial charge >= 0.3 is 5.97 Å². The number of nitrogens with one attached hydrogen (secondary N) is 1. The first-order chi connectivity index (χ1) is 14.1. The van der Waals surface area contributed by atoms with Crippen LogP contribution in [0.4, 0.5) is 5.69 Å². The average molecular weight is 383 g/mol. The quantitative estimate of drug-likeness (QED) is 0.399. The van der Waals surface area contributed by atoms with Crippen LogP contribution in [0.15, 0.2) is 78.9 Å². The maximum absolute atomic E-state index is 12.8. The molecular formula is C25H21NO3. The molecule has 0 aromatic heterocycles. The molecule has 3 aromatic carbocycles. The Hall–Kier alpha value is -3.84. The van der Waals surface area contributed by atoms with Crippen LogP contribution in [0.1, 0.15) is 38.8 Å². The number of hydrogen-bond donors (Lipinski definition) is 1. The SMILES string of the molecule is COC(=O)c1ccc(N[C@@H](C)C(=O)c2cccc(C#Cc3ccccc3)c2)cc1. The molecule has 0 unspecified atom stereocenters. The fourth-order valence-corrected chi connectivity index (χ4v) is 2.80. The highest BCUT2D eigenvalue weighted by molar-refractivity contribution is 6.01. The van der Waals surface area contributed by atoms with Gasteiger partial charge in [-0.15, -0.1) is 0 Å². The summed E-state index contributed by atoms with van der Waals surface area (Å²) in [5, 5.41) is 3.16. The topological polar surface area (TPSA) is 55.4 Å². The Morgan fingerprint density at radius 1 is 0.828 bits per heavy atom. The lowest BCUT2D eigenvalue weighted by molar-refractivity contribution is 0.0600. The van der Waals surface area contributed by atoms with E-state index in [1.165, 1.54) is 7.11 Å². The van der Waals surface area contributed by atoms with Crippen molar-refractivity contribution in [2.75, 3.05) is 12.4 Å². The van der Waals surface area contributed by atoms with Crippen molar-refractivity contribution in [3.05, 3.63) is 101 Å². The van der Waals surface area contributed by atoms with Crippen molar-refractivity contribution in [1.82, 2.24) is 0 Å². The van der Waals surface area contributed by atoms with Gasteiger partial charge in [0.25, 0.3) is 0 Å². The molecule has 1 atom stereocenters. The Bertz CT molecular complexity index is 1060. The summed E-state index contributed by atoms with van der Waals surface area (Å²) in [6.07, 6.45) is 0. The number of hydrogen-bond acceptors (Lipinski definition) is 4. The van der Waals surface area contributed by atoms with E-state index in [0.717, 1.165) is 16.8 Å². The zero-order chi connectivity index (χ0) is 20.6. The van der Waals surface area contributed by atoms with E-state index in [4.69, 9.17) is 0 Å². The molecule has 0 spiro atoms. The van der Waals surface area contributed by atoms with Gasteiger partial charge in [0.2, 0.25) is 0 Å². The van der Waals surface area contributed by atoms with Crippen LogP contribution in [0.3, 0.4) is 0 Å². The molecule has 0 bridgehead atoms. The number of ketones is 1. The van der Waals surface area contributed by atoms with E-state index in [1.807, 2.05) is 42.5 Å². The minimum absolute atomic E-state index is 0.0367. The lowest BCUT2D eigenvalue weighted by atomic mass is 10.0. The first kappa shape index (κ1) is 19.9. The Morgan fingerprint density at radius 3 is 2.17 bits per heavy atom. The third-order valence-corrected chi connectivity index (χ3v) is 4.35. The summed E-state index contributed by atoms with van der Waals surface area (Å²) in [4.78, 5) is 24.3. The number of carbonyl (C=O) groups is 2. The Morgan fingerprint density at radius 2 is 1.48 bits per heavy atom. The van der Waals surface area contributed by atoms with Crippen LogP contribution in [-0.2, 0) is 4.74 Å². The standard InChI is InChI=1S/C25H21NO3/c1-18(26-23-15-13-21(14-16-23)25(28)29-2)24(27)22-10-6-9-20(17-22)12-11-19-7-4-3-5-8-19/h3-10,13-18,26H,1-2H3/t18-/m0/s1. The van der Waals surface area contributed by atoms with Crippen molar-refractivity contribution >= 4 is 17.4 Å².